The van der Waals surface area contributed by atoms with E-state index in [0.717, 1.165) is 32.1 Å². The molecule has 6 heteroatoms. The molecule has 3 N–H and O–H groups in total. The second-order valence-electron chi connectivity index (χ2n) is 5.32. The van der Waals surface area contributed by atoms with E-state index in [4.69, 9.17) is 10.5 Å². The van der Waals surface area contributed by atoms with Crippen LogP contribution in [0.3, 0.4) is 0 Å². The zero-order valence-corrected chi connectivity index (χ0v) is 12.8. The predicted molar refractivity (Wildman–Crippen MR) is 83.4 cm³/mol. The molecule has 1 aromatic rings. The largest absolute Gasteiger partial charge is 0.378 e. The number of amides is 1. The van der Waals surface area contributed by atoms with Crippen LogP contribution in [0.25, 0.3) is 0 Å². The molecule has 6 nitrogen and oxygen atoms in total. The maximum absolute atomic E-state index is 12.2. The number of anilines is 2. The lowest BCUT2D eigenvalue weighted by atomic mass is 9.93. The number of rotatable bonds is 5. The summed E-state index contributed by atoms with van der Waals surface area (Å²) in [5.41, 5.74) is 5.94. The van der Waals surface area contributed by atoms with Gasteiger partial charge in [0, 0.05) is 13.1 Å². The van der Waals surface area contributed by atoms with Gasteiger partial charge in [-0.05, 0) is 25.0 Å². The van der Waals surface area contributed by atoms with Crippen molar-refractivity contribution in [2.45, 2.75) is 32.2 Å². The molecule has 0 saturated carbocycles. The maximum Gasteiger partial charge on any atom is 0.244 e. The average Bonchev–Trinajstić information content (AvgIpc) is 2.55. The van der Waals surface area contributed by atoms with Crippen molar-refractivity contribution in [3.05, 3.63) is 18.3 Å². The van der Waals surface area contributed by atoms with Crippen LogP contribution < -0.4 is 16.0 Å². The number of ether oxygens (including phenoxy) is 1. The molecule has 1 aromatic heterocycles. The van der Waals surface area contributed by atoms with E-state index in [-0.39, 0.29) is 5.91 Å². The Morgan fingerprint density at radius 2 is 2.05 bits per heavy atom. The first-order valence-electron chi connectivity index (χ1n) is 7.48. The number of nitrogens with two attached hydrogens (primary N) is 1. The van der Waals surface area contributed by atoms with E-state index in [0.29, 0.717) is 18.5 Å². The number of carbonyl (C=O) groups excluding carboxylic acids is 1. The molecule has 2 rings (SSSR count). The van der Waals surface area contributed by atoms with Crippen molar-refractivity contribution >= 4 is 17.4 Å². The van der Waals surface area contributed by atoms with E-state index < -0.39 is 5.54 Å². The molecule has 0 aromatic carbocycles. The Bertz CT molecular complexity index is 465. The van der Waals surface area contributed by atoms with Crippen LogP contribution in [0.5, 0.6) is 0 Å². The summed E-state index contributed by atoms with van der Waals surface area (Å²) in [5, 5.41) is 2.84. The minimum absolute atomic E-state index is 0.159. The average molecular weight is 292 g/mol. The molecule has 1 aliphatic heterocycles. The van der Waals surface area contributed by atoms with Gasteiger partial charge in [0.2, 0.25) is 5.91 Å². The van der Waals surface area contributed by atoms with Gasteiger partial charge in [-0.1, -0.05) is 13.8 Å². The van der Waals surface area contributed by atoms with Crippen LogP contribution in [0, 0.1) is 0 Å². The molecule has 2 heterocycles. The number of nitrogens with one attached hydrogen (secondary N) is 1. The lowest BCUT2D eigenvalue weighted by Gasteiger charge is -2.28. The molecular formula is C15H24N4O2. The first-order valence-corrected chi connectivity index (χ1v) is 7.48. The topological polar surface area (TPSA) is 80.5 Å². The summed E-state index contributed by atoms with van der Waals surface area (Å²) in [6, 6.07) is 3.78. The van der Waals surface area contributed by atoms with E-state index in [1.54, 1.807) is 6.20 Å². The van der Waals surface area contributed by atoms with E-state index in [2.05, 4.69) is 15.2 Å². The van der Waals surface area contributed by atoms with Crippen LogP contribution in [0.2, 0.25) is 0 Å². The van der Waals surface area contributed by atoms with Gasteiger partial charge < -0.3 is 20.7 Å². The predicted octanol–water partition coefficient (Wildman–Crippen LogP) is 1.37. The first-order chi connectivity index (χ1) is 10.1. The number of hydrogen-bond acceptors (Lipinski definition) is 5. The highest BCUT2D eigenvalue weighted by Gasteiger charge is 2.29. The Morgan fingerprint density at radius 3 is 2.57 bits per heavy atom. The normalized spacial score (nSPS) is 15.9. The summed E-state index contributed by atoms with van der Waals surface area (Å²) in [6.45, 7) is 6.98. The number of pyridine rings is 1. The summed E-state index contributed by atoms with van der Waals surface area (Å²) >= 11 is 0. The minimum Gasteiger partial charge on any atom is -0.378 e. The van der Waals surface area contributed by atoms with Crippen molar-refractivity contribution in [2.75, 3.05) is 36.5 Å². The number of nitrogens with zero attached hydrogens (tertiary/aromatic N) is 2. The third-order valence-corrected chi connectivity index (χ3v) is 4.05. The van der Waals surface area contributed by atoms with Crippen LogP contribution >= 0.6 is 0 Å². The third-order valence-electron chi connectivity index (χ3n) is 4.05. The Kier molecular flexibility index (Phi) is 5.14. The molecule has 0 atom stereocenters. The molecule has 1 aliphatic rings. The van der Waals surface area contributed by atoms with Gasteiger partial charge in [0.05, 0.1) is 30.6 Å². The van der Waals surface area contributed by atoms with Crippen molar-refractivity contribution in [1.29, 1.82) is 0 Å². The van der Waals surface area contributed by atoms with Gasteiger partial charge in [0.25, 0.3) is 0 Å². The number of aromatic nitrogens is 1. The van der Waals surface area contributed by atoms with Gasteiger partial charge >= 0.3 is 0 Å². The second kappa shape index (κ2) is 6.87. The number of morpholine rings is 1. The van der Waals surface area contributed by atoms with Crippen LogP contribution in [-0.2, 0) is 9.53 Å². The van der Waals surface area contributed by atoms with E-state index in [9.17, 15) is 4.79 Å². The molecule has 116 valence electrons. The monoisotopic (exact) mass is 292 g/mol. The highest BCUT2D eigenvalue weighted by Crippen LogP contribution is 2.18. The summed E-state index contributed by atoms with van der Waals surface area (Å²) < 4.78 is 5.32. The fraction of sp³-hybridized carbons (Fsp3) is 0.600. The Balaban J connectivity index is 2.00. The molecule has 0 aliphatic carbocycles. The van der Waals surface area contributed by atoms with Crippen LogP contribution in [0.15, 0.2) is 18.3 Å². The smallest absolute Gasteiger partial charge is 0.244 e. The highest BCUT2D eigenvalue weighted by molar-refractivity contribution is 5.97. The Hall–Kier alpha value is -1.66. The maximum atomic E-state index is 12.2. The summed E-state index contributed by atoms with van der Waals surface area (Å²) in [6.07, 6.45) is 2.89. The van der Waals surface area contributed by atoms with Crippen molar-refractivity contribution in [3.8, 4) is 0 Å². The van der Waals surface area contributed by atoms with Crippen molar-refractivity contribution in [1.82, 2.24) is 4.98 Å². The highest BCUT2D eigenvalue weighted by atomic mass is 16.5. The quantitative estimate of drug-likeness (QED) is 0.857. The summed E-state index contributed by atoms with van der Waals surface area (Å²) in [7, 11) is 0. The molecule has 1 amide bonds. The molecule has 0 radical (unpaired) electrons. The van der Waals surface area contributed by atoms with Gasteiger partial charge in [-0.2, -0.15) is 0 Å². The molecule has 1 fully saturated rings. The van der Waals surface area contributed by atoms with Gasteiger partial charge in [-0.15, -0.1) is 0 Å². The molecule has 1 saturated heterocycles. The lowest BCUT2D eigenvalue weighted by Crippen LogP contribution is -2.50. The van der Waals surface area contributed by atoms with E-state index in [1.807, 2.05) is 26.0 Å². The molecule has 0 spiro atoms. The van der Waals surface area contributed by atoms with Gasteiger partial charge in [0.1, 0.15) is 5.82 Å². The Labute approximate surface area is 125 Å². The zero-order chi connectivity index (χ0) is 15.3. The molecule has 0 unspecified atom stereocenters. The van der Waals surface area contributed by atoms with Gasteiger partial charge in [0.15, 0.2) is 0 Å². The molecule has 21 heavy (non-hydrogen) atoms. The SMILES string of the molecule is CCC(N)(CC)C(=O)Nc1ccc(N2CCOCC2)nc1. The van der Waals surface area contributed by atoms with Crippen LogP contribution in [0.4, 0.5) is 11.5 Å². The summed E-state index contributed by atoms with van der Waals surface area (Å²) in [5.74, 6) is 0.745. The number of hydrogen-bond donors (Lipinski definition) is 2. The van der Waals surface area contributed by atoms with Crippen molar-refractivity contribution in [3.63, 3.8) is 0 Å². The zero-order valence-electron chi connectivity index (χ0n) is 12.8. The Morgan fingerprint density at radius 1 is 1.38 bits per heavy atom. The van der Waals surface area contributed by atoms with E-state index >= 15 is 0 Å². The van der Waals surface area contributed by atoms with Gasteiger partial charge in [-0.3, -0.25) is 4.79 Å². The van der Waals surface area contributed by atoms with Gasteiger partial charge in [-0.25, -0.2) is 4.98 Å². The third kappa shape index (κ3) is 3.71. The fourth-order valence-electron chi connectivity index (χ4n) is 2.27. The van der Waals surface area contributed by atoms with Crippen molar-refractivity contribution in [2.24, 2.45) is 5.73 Å². The first kappa shape index (κ1) is 15.7. The lowest BCUT2D eigenvalue weighted by molar-refractivity contribution is -0.121. The van der Waals surface area contributed by atoms with Crippen LogP contribution in [0.1, 0.15) is 26.7 Å². The second-order valence-corrected chi connectivity index (χ2v) is 5.32. The standard InChI is InChI=1S/C15H24N4O2/c1-3-15(16,4-2)14(20)18-12-5-6-13(17-11-12)19-7-9-21-10-8-19/h5-6,11H,3-4,7-10,16H2,1-2H3,(H,18,20). The summed E-state index contributed by atoms with van der Waals surface area (Å²) in [4.78, 5) is 18.8. The fourth-order valence-corrected chi connectivity index (χ4v) is 2.27. The van der Waals surface area contributed by atoms with Crippen molar-refractivity contribution < 1.29 is 9.53 Å². The number of carbonyl (C=O) groups is 1. The minimum atomic E-state index is -0.817. The van der Waals surface area contributed by atoms with E-state index in [1.165, 1.54) is 0 Å². The van der Waals surface area contributed by atoms with Crippen LogP contribution in [-0.4, -0.2) is 42.7 Å². The molecular weight excluding hydrogens is 268 g/mol. The molecule has 0 bridgehead atoms.